The van der Waals surface area contributed by atoms with Gasteiger partial charge < -0.3 is 9.80 Å². The lowest BCUT2D eigenvalue weighted by Crippen LogP contribution is -2.36. The smallest absolute Gasteiger partial charge is 0.246 e. The van der Waals surface area contributed by atoms with Gasteiger partial charge in [-0.15, -0.1) is 0 Å². The van der Waals surface area contributed by atoms with Crippen molar-refractivity contribution >= 4 is 24.0 Å². The molecule has 1 aliphatic rings. The Morgan fingerprint density at radius 2 is 1.03 bits per heavy atom. The molecule has 0 unspecified atom stereocenters. The summed E-state index contributed by atoms with van der Waals surface area (Å²) in [5.74, 6) is -0.908. The first kappa shape index (κ1) is 20.5. The Morgan fingerprint density at radius 1 is 0.655 bits per heavy atom. The topological polar surface area (TPSA) is 40.6 Å². The monoisotopic (exact) mass is 396 g/mol. The number of halogens is 2. The van der Waals surface area contributed by atoms with Gasteiger partial charge in [0.15, 0.2) is 0 Å². The van der Waals surface area contributed by atoms with Crippen LogP contribution < -0.4 is 0 Å². The van der Waals surface area contributed by atoms with Crippen LogP contribution in [0.15, 0.2) is 60.7 Å². The van der Waals surface area contributed by atoms with Gasteiger partial charge >= 0.3 is 0 Å². The lowest BCUT2D eigenvalue weighted by atomic mass is 10.2. The third-order valence-electron chi connectivity index (χ3n) is 4.70. The Morgan fingerprint density at radius 3 is 1.41 bits per heavy atom. The van der Waals surface area contributed by atoms with Crippen molar-refractivity contribution in [1.82, 2.24) is 9.80 Å². The van der Waals surface area contributed by atoms with E-state index in [2.05, 4.69) is 0 Å². The maximum Gasteiger partial charge on any atom is 0.246 e. The van der Waals surface area contributed by atoms with Crippen LogP contribution in [0.1, 0.15) is 17.5 Å². The number of nitrogens with zero attached hydrogens (tertiary/aromatic N) is 2. The molecule has 2 aromatic carbocycles. The van der Waals surface area contributed by atoms with E-state index < -0.39 is 0 Å². The van der Waals surface area contributed by atoms with Crippen LogP contribution in [0.2, 0.25) is 0 Å². The number of benzene rings is 2. The zero-order valence-electron chi connectivity index (χ0n) is 15.9. The third kappa shape index (κ3) is 6.10. The summed E-state index contributed by atoms with van der Waals surface area (Å²) in [6.45, 7) is 2.03. The molecule has 0 aliphatic carbocycles. The van der Waals surface area contributed by atoms with Gasteiger partial charge in [-0.25, -0.2) is 8.78 Å². The van der Waals surface area contributed by atoms with Crippen LogP contribution in [-0.2, 0) is 9.59 Å². The number of hydrogen-bond acceptors (Lipinski definition) is 2. The molecule has 0 spiro atoms. The molecular weight excluding hydrogens is 374 g/mol. The van der Waals surface area contributed by atoms with Gasteiger partial charge in [0.2, 0.25) is 11.8 Å². The van der Waals surface area contributed by atoms with E-state index in [0.717, 1.165) is 11.1 Å². The van der Waals surface area contributed by atoms with Gasteiger partial charge in [0.25, 0.3) is 0 Å². The van der Waals surface area contributed by atoms with E-state index in [9.17, 15) is 18.4 Å². The predicted molar refractivity (Wildman–Crippen MR) is 109 cm³/mol. The molecule has 0 radical (unpaired) electrons. The molecular formula is C23H22F2N2O2. The van der Waals surface area contributed by atoms with Crippen molar-refractivity contribution in [2.24, 2.45) is 0 Å². The van der Waals surface area contributed by atoms with Crippen molar-refractivity contribution in [2.45, 2.75) is 6.42 Å². The van der Waals surface area contributed by atoms with Crippen LogP contribution in [0.3, 0.4) is 0 Å². The first-order valence-corrected chi connectivity index (χ1v) is 9.46. The molecule has 0 bridgehead atoms. The van der Waals surface area contributed by atoms with Crippen LogP contribution in [0.5, 0.6) is 0 Å². The summed E-state index contributed by atoms with van der Waals surface area (Å²) in [5.41, 5.74) is 1.50. The van der Waals surface area contributed by atoms with Crippen LogP contribution in [0, 0.1) is 11.6 Å². The van der Waals surface area contributed by atoms with Crippen molar-refractivity contribution in [2.75, 3.05) is 26.2 Å². The fraction of sp³-hybridized carbons (Fsp3) is 0.217. The van der Waals surface area contributed by atoms with Gasteiger partial charge in [-0.3, -0.25) is 9.59 Å². The summed E-state index contributed by atoms with van der Waals surface area (Å²) >= 11 is 0. The summed E-state index contributed by atoms with van der Waals surface area (Å²) in [5, 5.41) is 0. The Hall–Kier alpha value is -3.28. The fourth-order valence-corrected chi connectivity index (χ4v) is 3.05. The Bertz CT molecular complexity index is 830. The average molecular weight is 396 g/mol. The highest BCUT2D eigenvalue weighted by atomic mass is 19.1. The Kier molecular flexibility index (Phi) is 6.89. The normalized spacial score (nSPS) is 15.1. The second kappa shape index (κ2) is 9.78. The first-order chi connectivity index (χ1) is 14.0. The summed E-state index contributed by atoms with van der Waals surface area (Å²) in [6.07, 6.45) is 6.94. The highest BCUT2D eigenvalue weighted by molar-refractivity contribution is 5.93. The molecule has 150 valence electrons. The second-order valence-electron chi connectivity index (χ2n) is 6.77. The van der Waals surface area contributed by atoms with Crippen molar-refractivity contribution in [3.05, 3.63) is 83.4 Å². The molecule has 1 saturated heterocycles. The standard InChI is InChI=1S/C23H22F2N2O2/c24-20-8-2-18(3-9-20)6-12-22(28)26-14-1-15-27(17-16-26)23(29)13-7-19-4-10-21(25)11-5-19/h2-13H,1,14-17H2/b12-6+,13-7+. The van der Waals surface area contributed by atoms with Crippen molar-refractivity contribution in [3.63, 3.8) is 0 Å². The Balaban J connectivity index is 1.53. The summed E-state index contributed by atoms with van der Waals surface area (Å²) in [7, 11) is 0. The molecule has 1 aliphatic heterocycles. The van der Waals surface area contributed by atoms with Gasteiger partial charge in [-0.05, 0) is 54.0 Å². The van der Waals surface area contributed by atoms with Gasteiger partial charge in [-0.1, -0.05) is 24.3 Å². The molecule has 2 amide bonds. The zero-order chi connectivity index (χ0) is 20.6. The maximum absolute atomic E-state index is 12.9. The molecule has 2 aromatic rings. The SMILES string of the molecule is O=C(/C=C/c1ccc(F)cc1)N1CCCN(C(=O)/C=C/c2ccc(F)cc2)CC1. The minimum atomic E-state index is -0.320. The van der Waals surface area contributed by atoms with E-state index in [-0.39, 0.29) is 23.4 Å². The minimum Gasteiger partial charge on any atom is -0.337 e. The molecule has 1 heterocycles. The number of carbonyl (C=O) groups excluding carboxylic acids is 2. The van der Waals surface area contributed by atoms with Crippen molar-refractivity contribution in [1.29, 1.82) is 0 Å². The molecule has 6 heteroatoms. The molecule has 3 rings (SSSR count). The largest absolute Gasteiger partial charge is 0.337 e. The first-order valence-electron chi connectivity index (χ1n) is 9.46. The van der Waals surface area contributed by atoms with E-state index in [1.54, 1.807) is 46.2 Å². The molecule has 0 saturated carbocycles. The lowest BCUT2D eigenvalue weighted by Gasteiger charge is -2.20. The van der Waals surface area contributed by atoms with E-state index >= 15 is 0 Å². The Labute approximate surface area is 168 Å². The molecule has 0 N–H and O–H groups in total. The lowest BCUT2D eigenvalue weighted by molar-refractivity contribution is -0.128. The van der Waals surface area contributed by atoms with E-state index in [4.69, 9.17) is 0 Å². The van der Waals surface area contributed by atoms with Gasteiger partial charge in [0.1, 0.15) is 11.6 Å². The van der Waals surface area contributed by atoms with Crippen LogP contribution in [0.4, 0.5) is 8.78 Å². The molecule has 4 nitrogen and oxygen atoms in total. The van der Waals surface area contributed by atoms with Crippen LogP contribution in [-0.4, -0.2) is 47.8 Å². The third-order valence-corrected chi connectivity index (χ3v) is 4.70. The summed E-state index contributed by atoms with van der Waals surface area (Å²) in [6, 6.07) is 11.8. The number of carbonyl (C=O) groups is 2. The molecule has 29 heavy (non-hydrogen) atoms. The zero-order valence-corrected chi connectivity index (χ0v) is 15.9. The van der Waals surface area contributed by atoms with Gasteiger partial charge in [0.05, 0.1) is 0 Å². The van der Waals surface area contributed by atoms with E-state index in [1.807, 2.05) is 0 Å². The highest BCUT2D eigenvalue weighted by Gasteiger charge is 2.19. The highest BCUT2D eigenvalue weighted by Crippen LogP contribution is 2.09. The quantitative estimate of drug-likeness (QED) is 0.739. The van der Waals surface area contributed by atoms with E-state index in [0.29, 0.717) is 32.6 Å². The minimum absolute atomic E-state index is 0.134. The van der Waals surface area contributed by atoms with Crippen molar-refractivity contribution < 1.29 is 18.4 Å². The number of rotatable bonds is 4. The van der Waals surface area contributed by atoms with Gasteiger partial charge in [0, 0.05) is 38.3 Å². The molecule has 1 fully saturated rings. The fourth-order valence-electron chi connectivity index (χ4n) is 3.05. The summed E-state index contributed by atoms with van der Waals surface area (Å²) in [4.78, 5) is 28.3. The number of amides is 2. The van der Waals surface area contributed by atoms with E-state index in [1.165, 1.54) is 36.4 Å². The number of hydrogen-bond donors (Lipinski definition) is 0. The summed E-state index contributed by atoms with van der Waals surface area (Å²) < 4.78 is 25.9. The average Bonchev–Trinajstić information content (AvgIpc) is 2.99. The van der Waals surface area contributed by atoms with Crippen molar-refractivity contribution in [3.8, 4) is 0 Å². The maximum atomic E-state index is 12.9. The molecule has 0 atom stereocenters. The predicted octanol–water partition coefficient (Wildman–Crippen LogP) is 3.75. The second-order valence-corrected chi connectivity index (χ2v) is 6.77. The van der Waals surface area contributed by atoms with Crippen LogP contribution >= 0.6 is 0 Å². The molecule has 0 aromatic heterocycles. The van der Waals surface area contributed by atoms with Crippen LogP contribution in [0.25, 0.3) is 12.2 Å². The van der Waals surface area contributed by atoms with Gasteiger partial charge in [-0.2, -0.15) is 0 Å².